The lowest BCUT2D eigenvalue weighted by atomic mass is 9.81. The van der Waals surface area contributed by atoms with Crippen LogP contribution in [0.15, 0.2) is 24.3 Å². The van der Waals surface area contributed by atoms with Gasteiger partial charge in [0.05, 0.1) is 11.8 Å². The van der Waals surface area contributed by atoms with Crippen LogP contribution in [-0.2, 0) is 20.8 Å². The van der Waals surface area contributed by atoms with E-state index in [4.69, 9.17) is 0 Å². The van der Waals surface area contributed by atoms with Crippen LogP contribution in [-0.4, -0.2) is 35.7 Å². The van der Waals surface area contributed by atoms with E-state index in [2.05, 4.69) is 24.4 Å². The van der Waals surface area contributed by atoms with Crippen molar-refractivity contribution < 1.29 is 14.4 Å². The third-order valence-electron chi connectivity index (χ3n) is 5.47. The van der Waals surface area contributed by atoms with E-state index in [1.54, 1.807) is 0 Å². The van der Waals surface area contributed by atoms with E-state index >= 15 is 0 Å². The van der Waals surface area contributed by atoms with Gasteiger partial charge in [-0.1, -0.05) is 37.1 Å². The monoisotopic (exact) mass is 342 g/mol. The van der Waals surface area contributed by atoms with E-state index in [0.717, 1.165) is 32.1 Å². The van der Waals surface area contributed by atoms with Crippen LogP contribution >= 0.6 is 0 Å². The quantitative estimate of drug-likeness (QED) is 0.806. The Labute approximate surface area is 148 Å². The molecule has 1 N–H and O–H groups in total. The predicted molar refractivity (Wildman–Crippen MR) is 94.7 cm³/mol. The zero-order chi connectivity index (χ0) is 17.8. The van der Waals surface area contributed by atoms with Crippen molar-refractivity contribution in [3.63, 3.8) is 0 Å². The molecule has 2 atom stereocenters. The van der Waals surface area contributed by atoms with Crippen molar-refractivity contribution in [2.45, 2.75) is 45.4 Å². The summed E-state index contributed by atoms with van der Waals surface area (Å²) in [5, 5.41) is 2.89. The Morgan fingerprint density at radius 2 is 1.76 bits per heavy atom. The Morgan fingerprint density at radius 1 is 1.12 bits per heavy atom. The van der Waals surface area contributed by atoms with Crippen LogP contribution in [0.5, 0.6) is 0 Å². The number of carbonyl (C=O) groups excluding carboxylic acids is 3. The van der Waals surface area contributed by atoms with Gasteiger partial charge in [0.15, 0.2) is 0 Å². The van der Waals surface area contributed by atoms with Crippen molar-refractivity contribution in [2.24, 2.45) is 11.8 Å². The molecular formula is C20H26N2O3. The number of hydrogen-bond acceptors (Lipinski definition) is 3. The van der Waals surface area contributed by atoms with Crippen LogP contribution < -0.4 is 5.32 Å². The maximum atomic E-state index is 12.4. The van der Waals surface area contributed by atoms with Crippen molar-refractivity contribution in [1.82, 2.24) is 10.2 Å². The van der Waals surface area contributed by atoms with Gasteiger partial charge in [0.1, 0.15) is 0 Å². The van der Waals surface area contributed by atoms with Crippen LogP contribution in [0.25, 0.3) is 0 Å². The van der Waals surface area contributed by atoms with E-state index in [1.807, 2.05) is 12.1 Å². The first-order chi connectivity index (χ1) is 12.1. The van der Waals surface area contributed by atoms with Crippen LogP contribution in [0.3, 0.4) is 0 Å². The molecule has 1 aromatic carbocycles. The Bertz CT molecular complexity index is 647. The Hall–Kier alpha value is -2.17. The first kappa shape index (κ1) is 17.6. The van der Waals surface area contributed by atoms with Crippen molar-refractivity contribution in [3.8, 4) is 0 Å². The van der Waals surface area contributed by atoms with Gasteiger partial charge >= 0.3 is 0 Å². The van der Waals surface area contributed by atoms with Gasteiger partial charge in [-0.2, -0.15) is 0 Å². The molecule has 0 bridgehead atoms. The van der Waals surface area contributed by atoms with Gasteiger partial charge in [0, 0.05) is 19.5 Å². The molecule has 0 radical (unpaired) electrons. The molecule has 3 amide bonds. The van der Waals surface area contributed by atoms with Gasteiger partial charge in [0.25, 0.3) is 0 Å². The summed E-state index contributed by atoms with van der Waals surface area (Å²) in [6.07, 6.45) is 4.64. The van der Waals surface area contributed by atoms with Crippen molar-refractivity contribution in [3.05, 3.63) is 35.4 Å². The van der Waals surface area contributed by atoms with E-state index in [1.165, 1.54) is 16.0 Å². The molecule has 1 aromatic rings. The molecule has 0 unspecified atom stereocenters. The molecule has 134 valence electrons. The molecule has 1 heterocycles. The summed E-state index contributed by atoms with van der Waals surface area (Å²) in [5.74, 6) is -0.510. The zero-order valence-electron chi connectivity index (χ0n) is 14.8. The number of hydrogen-bond donors (Lipinski definition) is 1. The van der Waals surface area contributed by atoms with E-state index in [-0.39, 0.29) is 42.5 Å². The van der Waals surface area contributed by atoms with Gasteiger partial charge in [-0.25, -0.2) is 0 Å². The molecule has 3 rings (SSSR count). The number of imide groups is 1. The lowest BCUT2D eigenvalue weighted by molar-refractivity contribution is -0.140. The Balaban J connectivity index is 1.44. The summed E-state index contributed by atoms with van der Waals surface area (Å²) in [6.45, 7) is 2.83. The van der Waals surface area contributed by atoms with Crippen molar-refractivity contribution in [2.75, 3.05) is 13.1 Å². The first-order valence-electron chi connectivity index (χ1n) is 9.24. The third kappa shape index (κ3) is 3.91. The predicted octanol–water partition coefficient (Wildman–Crippen LogP) is 2.22. The maximum Gasteiger partial charge on any atom is 0.233 e. The van der Waals surface area contributed by atoms with Gasteiger partial charge in [-0.15, -0.1) is 0 Å². The van der Waals surface area contributed by atoms with Gasteiger partial charge in [-0.05, 0) is 37.3 Å². The number of nitrogens with zero attached hydrogens (tertiary/aromatic N) is 1. The molecule has 25 heavy (non-hydrogen) atoms. The average molecular weight is 342 g/mol. The highest BCUT2D eigenvalue weighted by Gasteiger charge is 2.47. The summed E-state index contributed by atoms with van der Waals surface area (Å²) < 4.78 is 0. The smallest absolute Gasteiger partial charge is 0.233 e. The molecular weight excluding hydrogens is 316 g/mol. The normalized spacial score (nSPS) is 22.8. The molecule has 0 spiro atoms. The number of fused-ring (bicyclic) bond motifs is 1. The number of nitrogens with one attached hydrogen (secondary N) is 1. The molecule has 1 aliphatic carbocycles. The Morgan fingerprint density at radius 3 is 2.40 bits per heavy atom. The summed E-state index contributed by atoms with van der Waals surface area (Å²) in [7, 11) is 0. The number of carbonyl (C=O) groups is 3. The van der Waals surface area contributed by atoms with Crippen LogP contribution in [0.2, 0.25) is 0 Å². The molecule has 2 aliphatic rings. The van der Waals surface area contributed by atoms with Gasteiger partial charge < -0.3 is 5.32 Å². The molecule has 1 saturated heterocycles. The highest BCUT2D eigenvalue weighted by Crippen LogP contribution is 2.37. The van der Waals surface area contributed by atoms with Crippen molar-refractivity contribution >= 4 is 17.7 Å². The fourth-order valence-electron chi connectivity index (χ4n) is 3.98. The fourth-order valence-corrected chi connectivity index (χ4v) is 3.98. The first-order valence-corrected chi connectivity index (χ1v) is 9.24. The number of amides is 3. The summed E-state index contributed by atoms with van der Waals surface area (Å²) in [6, 6.07) is 8.11. The highest BCUT2D eigenvalue weighted by atomic mass is 16.2. The second-order valence-corrected chi connectivity index (χ2v) is 7.10. The second kappa shape index (κ2) is 7.81. The number of benzene rings is 1. The van der Waals surface area contributed by atoms with Crippen LogP contribution in [0.1, 0.15) is 43.2 Å². The van der Waals surface area contributed by atoms with E-state index in [0.29, 0.717) is 6.54 Å². The SMILES string of the molecule is Cc1ccccc1CCNC(=O)CCN1C(=O)[C@H]2CCCC[C@@H]2C1=O. The largest absolute Gasteiger partial charge is 0.356 e. The number of aryl methyl sites for hydroxylation is 1. The molecule has 1 saturated carbocycles. The topological polar surface area (TPSA) is 66.5 Å². The Kier molecular flexibility index (Phi) is 5.51. The minimum Gasteiger partial charge on any atom is -0.356 e. The third-order valence-corrected chi connectivity index (χ3v) is 5.47. The lowest BCUT2D eigenvalue weighted by Crippen LogP contribution is -2.35. The van der Waals surface area contributed by atoms with E-state index < -0.39 is 0 Å². The molecule has 2 fully saturated rings. The van der Waals surface area contributed by atoms with Crippen molar-refractivity contribution in [1.29, 1.82) is 0 Å². The molecule has 5 heteroatoms. The van der Waals surface area contributed by atoms with Gasteiger partial charge in [0.2, 0.25) is 17.7 Å². The van der Waals surface area contributed by atoms with Gasteiger partial charge in [-0.3, -0.25) is 19.3 Å². The summed E-state index contributed by atoms with van der Waals surface area (Å²) in [4.78, 5) is 38.1. The van der Waals surface area contributed by atoms with Crippen LogP contribution in [0, 0.1) is 18.8 Å². The maximum absolute atomic E-state index is 12.4. The molecule has 0 aromatic heterocycles. The standard InChI is InChI=1S/C20H26N2O3/c1-14-6-2-3-7-15(14)10-12-21-18(23)11-13-22-19(24)16-8-4-5-9-17(16)20(22)25/h2-3,6-7,16-17H,4-5,8-13H2,1H3,(H,21,23)/t16-,17-/m0/s1. The fraction of sp³-hybridized carbons (Fsp3) is 0.550. The highest BCUT2D eigenvalue weighted by molar-refractivity contribution is 6.05. The minimum atomic E-state index is -0.134. The summed E-state index contributed by atoms with van der Waals surface area (Å²) >= 11 is 0. The minimum absolute atomic E-state index is 0.0672. The summed E-state index contributed by atoms with van der Waals surface area (Å²) in [5.41, 5.74) is 2.43. The average Bonchev–Trinajstić information content (AvgIpc) is 2.86. The molecule has 5 nitrogen and oxygen atoms in total. The number of likely N-dealkylation sites (tertiary alicyclic amines) is 1. The molecule has 1 aliphatic heterocycles. The van der Waals surface area contributed by atoms with Crippen LogP contribution in [0.4, 0.5) is 0 Å². The van der Waals surface area contributed by atoms with E-state index in [9.17, 15) is 14.4 Å². The lowest BCUT2D eigenvalue weighted by Gasteiger charge is -2.19. The number of rotatable bonds is 6. The zero-order valence-corrected chi connectivity index (χ0v) is 14.8. The second-order valence-electron chi connectivity index (χ2n) is 7.10.